The topological polar surface area (TPSA) is 84.2 Å². The zero-order valence-corrected chi connectivity index (χ0v) is 23.4. The number of likely N-dealkylation sites (tertiary alicyclic amines) is 2. The summed E-state index contributed by atoms with van der Waals surface area (Å²) < 4.78 is 0. The number of carbonyl (C=O) groups is 1. The summed E-state index contributed by atoms with van der Waals surface area (Å²) in [7, 11) is 0. The Labute approximate surface area is 234 Å². The Morgan fingerprint density at radius 2 is 1.64 bits per heavy atom. The Morgan fingerprint density at radius 1 is 0.923 bits per heavy atom. The summed E-state index contributed by atoms with van der Waals surface area (Å²) in [4.78, 5) is 36.1. The fraction of sp³-hybridized carbons (Fsp3) is 0.433. The number of hydrogen-bond acceptors (Lipinski definition) is 6. The third-order valence-corrected chi connectivity index (χ3v) is 9.46. The summed E-state index contributed by atoms with van der Waals surface area (Å²) >= 11 is 1.90. The van der Waals surface area contributed by atoms with Gasteiger partial charge in [0.05, 0.1) is 6.54 Å². The van der Waals surface area contributed by atoms with Crippen molar-refractivity contribution in [1.82, 2.24) is 34.6 Å². The minimum atomic E-state index is -0.139. The van der Waals surface area contributed by atoms with Crippen molar-refractivity contribution >= 4 is 17.2 Å². The Bertz CT molecular complexity index is 1340. The number of H-pyrrole nitrogens is 2. The molecule has 6 rings (SSSR count). The molecule has 2 N–H and O–H groups in total. The monoisotopic (exact) mass is 543 g/mol. The van der Waals surface area contributed by atoms with Gasteiger partial charge in [-0.15, -0.1) is 11.3 Å². The molecule has 0 atom stereocenters. The number of imidazole rings is 2. The first-order chi connectivity index (χ1) is 19.1. The highest BCUT2D eigenvalue weighted by Crippen LogP contribution is 2.41. The Balaban J connectivity index is 1.02. The normalized spacial score (nSPS) is 17.7. The van der Waals surface area contributed by atoms with Crippen LogP contribution in [0, 0.1) is 12.3 Å². The second-order valence-corrected chi connectivity index (χ2v) is 12.2. The van der Waals surface area contributed by atoms with E-state index < -0.39 is 0 Å². The van der Waals surface area contributed by atoms with Gasteiger partial charge < -0.3 is 14.9 Å². The van der Waals surface area contributed by atoms with E-state index in [0.29, 0.717) is 24.3 Å². The summed E-state index contributed by atoms with van der Waals surface area (Å²) in [5.41, 5.74) is 4.35. The summed E-state index contributed by atoms with van der Waals surface area (Å²) in [5, 5.41) is 2.22. The van der Waals surface area contributed by atoms with Gasteiger partial charge in [0.15, 0.2) is 5.82 Å². The molecule has 9 heteroatoms. The predicted octanol–water partition coefficient (Wildman–Crippen LogP) is 4.83. The van der Waals surface area contributed by atoms with Crippen molar-refractivity contribution in [2.24, 2.45) is 5.41 Å². The first-order valence-electron chi connectivity index (χ1n) is 13.9. The van der Waals surface area contributed by atoms with Gasteiger partial charge in [-0.05, 0) is 79.4 Å². The van der Waals surface area contributed by atoms with E-state index in [0.717, 1.165) is 24.5 Å². The van der Waals surface area contributed by atoms with Crippen molar-refractivity contribution in [2.75, 3.05) is 26.2 Å². The molecule has 2 saturated heterocycles. The molecule has 2 fully saturated rings. The number of benzene rings is 1. The minimum Gasteiger partial charge on any atom is -0.347 e. The number of aromatic nitrogens is 4. The molecular formula is C30H37N7OS. The van der Waals surface area contributed by atoms with Crippen LogP contribution in [0.1, 0.15) is 57.3 Å². The van der Waals surface area contributed by atoms with Gasteiger partial charge in [0, 0.05) is 55.8 Å². The molecule has 3 aromatic heterocycles. The number of nitrogens with zero attached hydrogens (tertiary/aromatic N) is 5. The average molecular weight is 544 g/mol. The fourth-order valence-electron chi connectivity index (χ4n) is 6.05. The number of carbonyl (C=O) groups excluding carboxylic acids is 1. The predicted molar refractivity (Wildman–Crippen MR) is 153 cm³/mol. The molecule has 1 aromatic carbocycles. The van der Waals surface area contributed by atoms with Crippen molar-refractivity contribution in [2.45, 2.75) is 52.4 Å². The quantitative estimate of drug-likeness (QED) is 0.316. The summed E-state index contributed by atoms with van der Waals surface area (Å²) in [6.07, 6.45) is 10.7. The van der Waals surface area contributed by atoms with Crippen LogP contribution in [0.2, 0.25) is 0 Å². The molecular weight excluding hydrogens is 506 g/mol. The first-order valence-corrected chi connectivity index (χ1v) is 14.8. The van der Waals surface area contributed by atoms with Crippen LogP contribution in [0.4, 0.5) is 0 Å². The third kappa shape index (κ3) is 6.16. The number of aryl methyl sites for hydroxylation is 1. The number of aromatic amines is 2. The molecule has 204 valence electrons. The van der Waals surface area contributed by atoms with Crippen LogP contribution >= 0.6 is 11.3 Å². The molecule has 5 heterocycles. The number of nitrogens with one attached hydrogen (secondary N) is 2. The smallest absolute Gasteiger partial charge is 0.290 e. The molecule has 4 aromatic rings. The van der Waals surface area contributed by atoms with E-state index in [9.17, 15) is 4.79 Å². The molecule has 0 bridgehead atoms. The van der Waals surface area contributed by atoms with E-state index in [1.165, 1.54) is 61.4 Å². The summed E-state index contributed by atoms with van der Waals surface area (Å²) in [6, 6.07) is 11.0. The number of amides is 1. The molecule has 0 unspecified atom stereocenters. The zero-order valence-electron chi connectivity index (χ0n) is 22.6. The molecule has 2 aliphatic rings. The summed E-state index contributed by atoms with van der Waals surface area (Å²) in [6.45, 7) is 10.0. The first kappa shape index (κ1) is 26.0. The average Bonchev–Trinajstić information content (AvgIpc) is 3.77. The number of hydrogen-bond donors (Lipinski definition) is 2. The van der Waals surface area contributed by atoms with E-state index in [2.05, 4.69) is 72.4 Å². The second-order valence-electron chi connectivity index (χ2n) is 11.2. The van der Waals surface area contributed by atoms with Gasteiger partial charge in [-0.25, -0.2) is 9.97 Å². The van der Waals surface area contributed by atoms with Crippen LogP contribution in [0.3, 0.4) is 0 Å². The van der Waals surface area contributed by atoms with Crippen LogP contribution < -0.4 is 0 Å². The van der Waals surface area contributed by atoms with Crippen molar-refractivity contribution in [3.05, 3.63) is 93.7 Å². The summed E-state index contributed by atoms with van der Waals surface area (Å²) in [5.74, 6) is 0.954. The maximum absolute atomic E-state index is 13.1. The molecule has 1 spiro atoms. The van der Waals surface area contributed by atoms with Crippen molar-refractivity contribution in [1.29, 1.82) is 0 Å². The van der Waals surface area contributed by atoms with Crippen molar-refractivity contribution < 1.29 is 4.79 Å². The SMILES string of the molecule is Cc1ccsc1CN1CCC2(CC1)CCN(Cc1ccc(CN(Cc3ncc[nH]3)C(=O)c3ncc[nH]3)cc1)C2. The lowest BCUT2D eigenvalue weighted by Crippen LogP contribution is -2.41. The van der Waals surface area contributed by atoms with Gasteiger partial charge >= 0.3 is 0 Å². The standard InChI is InChI=1S/C30H37N7OS/c1-23-6-17-39-26(23)20-35-14-7-30(8-15-35)9-16-36(22-30)18-24-2-4-25(5-3-24)19-37(21-27-31-10-11-32-27)29(38)28-33-12-13-34-28/h2-6,10-13,17H,7-9,14-16,18-22H2,1H3,(H,31,32)(H,33,34). The highest BCUT2D eigenvalue weighted by atomic mass is 32.1. The lowest BCUT2D eigenvalue weighted by Gasteiger charge is -2.39. The lowest BCUT2D eigenvalue weighted by atomic mass is 9.78. The molecule has 0 saturated carbocycles. The van der Waals surface area contributed by atoms with E-state index in [-0.39, 0.29) is 5.91 Å². The Hall–Kier alpha value is -3.27. The second kappa shape index (κ2) is 11.5. The van der Waals surface area contributed by atoms with Gasteiger partial charge in [0.2, 0.25) is 0 Å². The van der Waals surface area contributed by atoms with Gasteiger partial charge in [0.25, 0.3) is 5.91 Å². The van der Waals surface area contributed by atoms with Crippen LogP contribution in [0.25, 0.3) is 0 Å². The van der Waals surface area contributed by atoms with Gasteiger partial charge in [0.1, 0.15) is 5.82 Å². The largest absolute Gasteiger partial charge is 0.347 e. The fourth-order valence-corrected chi connectivity index (χ4v) is 7.00. The van der Waals surface area contributed by atoms with Crippen molar-refractivity contribution in [3.8, 4) is 0 Å². The zero-order chi connectivity index (χ0) is 26.7. The van der Waals surface area contributed by atoms with E-state index in [1.54, 1.807) is 29.7 Å². The van der Waals surface area contributed by atoms with Gasteiger partial charge in [-0.3, -0.25) is 14.6 Å². The number of piperidine rings is 1. The molecule has 8 nitrogen and oxygen atoms in total. The van der Waals surface area contributed by atoms with Gasteiger partial charge in [-0.1, -0.05) is 24.3 Å². The highest BCUT2D eigenvalue weighted by molar-refractivity contribution is 7.10. The molecule has 0 radical (unpaired) electrons. The van der Waals surface area contributed by atoms with Crippen LogP contribution in [0.5, 0.6) is 0 Å². The van der Waals surface area contributed by atoms with E-state index in [1.807, 2.05) is 11.3 Å². The Kier molecular flexibility index (Phi) is 7.63. The maximum Gasteiger partial charge on any atom is 0.290 e. The van der Waals surface area contributed by atoms with E-state index in [4.69, 9.17) is 0 Å². The van der Waals surface area contributed by atoms with Crippen LogP contribution in [-0.4, -0.2) is 66.7 Å². The Morgan fingerprint density at radius 3 is 2.31 bits per heavy atom. The third-order valence-electron chi connectivity index (χ3n) is 8.46. The maximum atomic E-state index is 13.1. The van der Waals surface area contributed by atoms with Crippen LogP contribution in [0.15, 0.2) is 60.5 Å². The number of thiophene rings is 1. The molecule has 0 aliphatic carbocycles. The number of rotatable bonds is 9. The van der Waals surface area contributed by atoms with Crippen LogP contribution in [-0.2, 0) is 26.2 Å². The van der Waals surface area contributed by atoms with E-state index >= 15 is 0 Å². The van der Waals surface area contributed by atoms with Gasteiger partial charge in [-0.2, -0.15) is 0 Å². The molecule has 39 heavy (non-hydrogen) atoms. The molecule has 1 amide bonds. The highest BCUT2D eigenvalue weighted by Gasteiger charge is 2.40. The minimum absolute atomic E-state index is 0.139. The molecule has 2 aliphatic heterocycles. The van der Waals surface area contributed by atoms with Crippen molar-refractivity contribution in [3.63, 3.8) is 0 Å². The lowest BCUT2D eigenvalue weighted by molar-refractivity contribution is 0.0714.